The van der Waals surface area contributed by atoms with Crippen molar-refractivity contribution < 1.29 is 9.21 Å². The molecule has 0 bridgehead atoms. The van der Waals surface area contributed by atoms with Gasteiger partial charge in [-0.15, -0.1) is 0 Å². The fourth-order valence-electron chi connectivity index (χ4n) is 4.20. The first kappa shape index (κ1) is 16.8. The fourth-order valence-corrected chi connectivity index (χ4v) is 4.20. The summed E-state index contributed by atoms with van der Waals surface area (Å²) in [5.41, 5.74) is 3.21. The van der Waals surface area contributed by atoms with E-state index in [0.29, 0.717) is 24.2 Å². The molecule has 3 heterocycles. The van der Waals surface area contributed by atoms with Crippen LogP contribution in [-0.4, -0.2) is 38.0 Å². The van der Waals surface area contributed by atoms with Gasteiger partial charge in [-0.1, -0.05) is 24.3 Å². The van der Waals surface area contributed by atoms with Crippen molar-refractivity contribution in [2.75, 3.05) is 13.1 Å². The lowest BCUT2D eigenvalue weighted by Gasteiger charge is -2.18. The summed E-state index contributed by atoms with van der Waals surface area (Å²) >= 11 is 0. The number of rotatable bonds is 3. The number of imidazole rings is 1. The zero-order valence-electron chi connectivity index (χ0n) is 15.5. The van der Waals surface area contributed by atoms with Gasteiger partial charge in [0, 0.05) is 13.1 Å². The maximum Gasteiger partial charge on any atom is 0.420 e. The normalized spacial score (nSPS) is 17.0. The molecule has 5 rings (SSSR count). The molecule has 0 aliphatic carbocycles. The van der Waals surface area contributed by atoms with Crippen molar-refractivity contribution in [3.05, 3.63) is 64.9 Å². The van der Waals surface area contributed by atoms with Crippen LogP contribution in [0, 0.1) is 6.92 Å². The van der Waals surface area contributed by atoms with Crippen molar-refractivity contribution in [3.63, 3.8) is 0 Å². The van der Waals surface area contributed by atoms with Gasteiger partial charge in [0.15, 0.2) is 5.58 Å². The van der Waals surface area contributed by atoms with E-state index in [1.54, 1.807) is 18.2 Å². The Balaban J connectivity index is 1.38. The highest BCUT2D eigenvalue weighted by molar-refractivity contribution is 5.80. The third kappa shape index (κ3) is 2.62. The number of oxazole rings is 1. The average Bonchev–Trinajstić information content (AvgIpc) is 3.37. The van der Waals surface area contributed by atoms with Gasteiger partial charge in [0.25, 0.3) is 0 Å². The molecule has 0 N–H and O–H groups in total. The Morgan fingerprint density at radius 1 is 1.14 bits per heavy atom. The van der Waals surface area contributed by atoms with E-state index in [0.717, 1.165) is 23.3 Å². The zero-order valence-corrected chi connectivity index (χ0v) is 15.5. The van der Waals surface area contributed by atoms with Crippen LogP contribution in [0.25, 0.3) is 22.1 Å². The quantitative estimate of drug-likeness (QED) is 0.551. The summed E-state index contributed by atoms with van der Waals surface area (Å²) < 4.78 is 8.86. The van der Waals surface area contributed by atoms with Crippen LogP contribution in [0.2, 0.25) is 0 Å². The largest absolute Gasteiger partial charge is 0.420 e. The highest BCUT2D eigenvalue weighted by Crippen LogP contribution is 2.28. The van der Waals surface area contributed by atoms with Gasteiger partial charge in [-0.3, -0.25) is 9.36 Å². The maximum absolute atomic E-state index is 12.9. The molecule has 1 aliphatic rings. The molecule has 0 saturated carbocycles. The average molecular weight is 376 g/mol. The van der Waals surface area contributed by atoms with Crippen molar-refractivity contribution in [1.29, 1.82) is 0 Å². The summed E-state index contributed by atoms with van der Waals surface area (Å²) in [6.07, 6.45) is 0.869. The van der Waals surface area contributed by atoms with Crippen molar-refractivity contribution in [3.8, 4) is 0 Å². The topological polar surface area (TPSA) is 73.3 Å². The molecule has 4 aromatic rings. The Morgan fingerprint density at radius 2 is 1.89 bits per heavy atom. The van der Waals surface area contributed by atoms with E-state index in [4.69, 9.17) is 4.42 Å². The number of benzene rings is 2. The van der Waals surface area contributed by atoms with Gasteiger partial charge in [0.05, 0.1) is 22.6 Å². The second-order valence-corrected chi connectivity index (χ2v) is 7.22. The van der Waals surface area contributed by atoms with Crippen LogP contribution in [0.4, 0.5) is 0 Å². The molecule has 2 aromatic carbocycles. The summed E-state index contributed by atoms with van der Waals surface area (Å²) in [6.45, 7) is 3.28. The SMILES string of the molecule is Cc1nc2ccccc2n1[C@H]1CCN(C(=O)Cn2c(=O)oc3ccccc32)C1. The number of para-hydroxylation sites is 4. The smallest absolute Gasteiger partial charge is 0.408 e. The maximum atomic E-state index is 12.9. The fraction of sp³-hybridized carbons (Fsp3) is 0.286. The minimum atomic E-state index is -0.498. The summed E-state index contributed by atoms with van der Waals surface area (Å²) in [5, 5.41) is 0. The number of carbonyl (C=O) groups excluding carboxylic acids is 1. The van der Waals surface area contributed by atoms with Gasteiger partial charge < -0.3 is 13.9 Å². The van der Waals surface area contributed by atoms with Crippen molar-refractivity contribution in [1.82, 2.24) is 19.0 Å². The molecule has 1 amide bonds. The number of amides is 1. The highest BCUT2D eigenvalue weighted by atomic mass is 16.4. The van der Waals surface area contributed by atoms with Crippen LogP contribution in [0.5, 0.6) is 0 Å². The van der Waals surface area contributed by atoms with Gasteiger partial charge in [-0.25, -0.2) is 9.78 Å². The van der Waals surface area contributed by atoms with Crippen LogP contribution >= 0.6 is 0 Å². The first-order valence-electron chi connectivity index (χ1n) is 9.41. The van der Waals surface area contributed by atoms with Gasteiger partial charge >= 0.3 is 5.76 Å². The molecule has 0 radical (unpaired) electrons. The lowest BCUT2D eigenvalue weighted by molar-refractivity contribution is -0.130. The Bertz CT molecular complexity index is 1250. The van der Waals surface area contributed by atoms with Gasteiger partial charge in [-0.2, -0.15) is 0 Å². The lowest BCUT2D eigenvalue weighted by atomic mass is 10.2. The van der Waals surface area contributed by atoms with Gasteiger partial charge in [0.2, 0.25) is 5.91 Å². The number of carbonyl (C=O) groups is 1. The Hall–Kier alpha value is -3.35. The van der Waals surface area contributed by atoms with E-state index in [2.05, 4.69) is 15.6 Å². The van der Waals surface area contributed by atoms with Crippen molar-refractivity contribution in [2.45, 2.75) is 25.9 Å². The Labute approximate surface area is 160 Å². The predicted molar refractivity (Wildman–Crippen MR) is 105 cm³/mol. The van der Waals surface area contributed by atoms with Crippen molar-refractivity contribution in [2.24, 2.45) is 0 Å². The Kier molecular flexibility index (Phi) is 3.82. The minimum absolute atomic E-state index is 0.00771. The second-order valence-electron chi connectivity index (χ2n) is 7.22. The van der Waals surface area contributed by atoms with Crippen LogP contribution in [0.1, 0.15) is 18.3 Å². The number of aromatic nitrogens is 3. The van der Waals surface area contributed by atoms with E-state index < -0.39 is 5.76 Å². The van der Waals surface area contributed by atoms with E-state index in [1.165, 1.54) is 4.57 Å². The Morgan fingerprint density at radius 3 is 2.75 bits per heavy atom. The van der Waals surface area contributed by atoms with E-state index >= 15 is 0 Å². The summed E-state index contributed by atoms with van der Waals surface area (Å²) in [5.74, 6) is 0.387. The number of hydrogen-bond donors (Lipinski definition) is 0. The molecular weight excluding hydrogens is 356 g/mol. The van der Waals surface area contributed by atoms with Crippen LogP contribution < -0.4 is 5.76 Å². The molecule has 1 fully saturated rings. The summed E-state index contributed by atoms with van der Waals surface area (Å²) in [6, 6.07) is 15.4. The number of likely N-dealkylation sites (tertiary alicyclic amines) is 1. The molecule has 28 heavy (non-hydrogen) atoms. The molecule has 1 aliphatic heterocycles. The molecule has 142 valence electrons. The third-order valence-electron chi connectivity index (χ3n) is 5.52. The second kappa shape index (κ2) is 6.37. The van der Waals surface area contributed by atoms with Crippen molar-refractivity contribution >= 4 is 28.0 Å². The molecule has 2 aromatic heterocycles. The van der Waals surface area contributed by atoms with Crippen LogP contribution in [0.15, 0.2) is 57.7 Å². The number of nitrogens with zero attached hydrogens (tertiary/aromatic N) is 4. The first-order chi connectivity index (χ1) is 13.6. The lowest BCUT2D eigenvalue weighted by Crippen LogP contribution is -2.34. The highest BCUT2D eigenvalue weighted by Gasteiger charge is 2.29. The van der Waals surface area contributed by atoms with Gasteiger partial charge in [0.1, 0.15) is 12.4 Å². The predicted octanol–water partition coefficient (Wildman–Crippen LogP) is 2.73. The molecule has 7 heteroatoms. The molecule has 1 atom stereocenters. The monoisotopic (exact) mass is 376 g/mol. The van der Waals surface area contributed by atoms with Gasteiger partial charge in [-0.05, 0) is 37.6 Å². The number of hydrogen-bond acceptors (Lipinski definition) is 4. The van der Waals surface area contributed by atoms with E-state index in [9.17, 15) is 9.59 Å². The molecule has 1 saturated heterocycles. The minimum Gasteiger partial charge on any atom is -0.408 e. The standard InChI is InChI=1S/C21H20N4O3/c1-14-22-16-6-2-3-7-17(16)25(14)15-10-11-23(12-15)20(26)13-24-18-8-4-5-9-19(18)28-21(24)27/h2-9,15H,10-13H2,1H3/t15-/m0/s1. The zero-order chi connectivity index (χ0) is 19.3. The molecule has 7 nitrogen and oxygen atoms in total. The summed E-state index contributed by atoms with van der Waals surface area (Å²) in [4.78, 5) is 31.5. The van der Waals surface area contributed by atoms with E-state index in [-0.39, 0.29) is 18.5 Å². The van der Waals surface area contributed by atoms with Crippen LogP contribution in [0.3, 0.4) is 0 Å². The summed E-state index contributed by atoms with van der Waals surface area (Å²) in [7, 11) is 0. The molecule has 0 unspecified atom stereocenters. The number of fused-ring (bicyclic) bond motifs is 2. The van der Waals surface area contributed by atoms with Crippen LogP contribution in [-0.2, 0) is 11.3 Å². The molecular formula is C21H20N4O3. The number of aryl methyl sites for hydroxylation is 1. The molecule has 0 spiro atoms. The first-order valence-corrected chi connectivity index (χ1v) is 9.41. The third-order valence-corrected chi connectivity index (χ3v) is 5.52. The van der Waals surface area contributed by atoms with E-state index in [1.807, 2.05) is 36.1 Å².